The van der Waals surface area contributed by atoms with Gasteiger partial charge in [0.1, 0.15) is 11.5 Å². The largest absolute Gasteiger partial charge is 0.373 e. The molecule has 1 saturated heterocycles. The Morgan fingerprint density at radius 1 is 1.35 bits per heavy atom. The average molecular weight is 375 g/mol. The SMILES string of the molecule is Cc1ccn2c(CC3CO3)c(-c3c(C)cc(Br)cc3F)nc2c1. The summed E-state index contributed by atoms with van der Waals surface area (Å²) in [7, 11) is 0. The van der Waals surface area contributed by atoms with Gasteiger partial charge in [-0.3, -0.25) is 0 Å². The van der Waals surface area contributed by atoms with E-state index in [0.717, 1.165) is 40.0 Å². The number of imidazole rings is 1. The van der Waals surface area contributed by atoms with E-state index in [0.29, 0.717) is 11.3 Å². The molecule has 1 aromatic carbocycles. The lowest BCUT2D eigenvalue weighted by Gasteiger charge is -2.09. The fraction of sp³-hybridized carbons (Fsp3) is 0.278. The maximum Gasteiger partial charge on any atom is 0.137 e. The first-order valence-corrected chi connectivity index (χ1v) is 8.37. The molecule has 2 aromatic heterocycles. The van der Waals surface area contributed by atoms with Gasteiger partial charge in [0.25, 0.3) is 0 Å². The lowest BCUT2D eigenvalue weighted by Crippen LogP contribution is -2.01. The highest BCUT2D eigenvalue weighted by molar-refractivity contribution is 9.10. The summed E-state index contributed by atoms with van der Waals surface area (Å²) in [4.78, 5) is 4.73. The van der Waals surface area contributed by atoms with E-state index in [4.69, 9.17) is 9.72 Å². The number of benzene rings is 1. The van der Waals surface area contributed by atoms with Crippen LogP contribution in [0.3, 0.4) is 0 Å². The van der Waals surface area contributed by atoms with Crippen LogP contribution < -0.4 is 0 Å². The Kier molecular flexibility index (Phi) is 3.50. The zero-order valence-electron chi connectivity index (χ0n) is 12.9. The minimum Gasteiger partial charge on any atom is -0.373 e. The van der Waals surface area contributed by atoms with Crippen LogP contribution in [0.1, 0.15) is 16.8 Å². The molecule has 0 spiro atoms. The smallest absolute Gasteiger partial charge is 0.137 e. The van der Waals surface area contributed by atoms with Crippen molar-refractivity contribution in [1.82, 2.24) is 9.38 Å². The number of hydrogen-bond acceptors (Lipinski definition) is 2. The van der Waals surface area contributed by atoms with Gasteiger partial charge in [-0.25, -0.2) is 9.37 Å². The number of ether oxygens (including phenoxy) is 1. The van der Waals surface area contributed by atoms with Crippen LogP contribution in [0.5, 0.6) is 0 Å². The molecule has 0 bridgehead atoms. The van der Waals surface area contributed by atoms with E-state index in [2.05, 4.69) is 15.9 Å². The quantitative estimate of drug-likeness (QED) is 0.633. The first-order chi connectivity index (χ1) is 11.0. The fourth-order valence-corrected chi connectivity index (χ4v) is 3.54. The van der Waals surface area contributed by atoms with E-state index in [1.807, 2.05) is 42.6 Å². The molecule has 3 nitrogen and oxygen atoms in total. The van der Waals surface area contributed by atoms with E-state index in [1.165, 1.54) is 6.07 Å². The highest BCUT2D eigenvalue weighted by Crippen LogP contribution is 2.34. The highest BCUT2D eigenvalue weighted by Gasteiger charge is 2.28. The highest BCUT2D eigenvalue weighted by atomic mass is 79.9. The number of aryl methyl sites for hydroxylation is 2. The summed E-state index contributed by atoms with van der Waals surface area (Å²) in [5.74, 6) is -0.255. The fourth-order valence-electron chi connectivity index (χ4n) is 3.00. The van der Waals surface area contributed by atoms with Crippen molar-refractivity contribution in [3.8, 4) is 11.3 Å². The van der Waals surface area contributed by atoms with Gasteiger partial charge in [0, 0.05) is 22.7 Å². The molecule has 0 aliphatic carbocycles. The molecule has 3 aromatic rings. The van der Waals surface area contributed by atoms with Crippen molar-refractivity contribution in [3.05, 3.63) is 57.6 Å². The molecule has 1 atom stereocenters. The van der Waals surface area contributed by atoms with Crippen LogP contribution in [0.25, 0.3) is 16.9 Å². The second kappa shape index (κ2) is 5.42. The molecular formula is C18H16BrFN2O. The second-order valence-electron chi connectivity index (χ2n) is 6.08. The summed E-state index contributed by atoms with van der Waals surface area (Å²) in [6.07, 6.45) is 2.97. The number of epoxide rings is 1. The molecule has 0 saturated carbocycles. The van der Waals surface area contributed by atoms with Gasteiger partial charge in [-0.05, 0) is 49.2 Å². The molecule has 23 heavy (non-hydrogen) atoms. The van der Waals surface area contributed by atoms with Crippen LogP contribution >= 0.6 is 15.9 Å². The van der Waals surface area contributed by atoms with Crippen molar-refractivity contribution in [1.29, 1.82) is 0 Å². The zero-order valence-corrected chi connectivity index (χ0v) is 14.5. The molecule has 0 N–H and O–H groups in total. The lowest BCUT2D eigenvalue weighted by atomic mass is 10.0. The molecule has 1 unspecified atom stereocenters. The minimum absolute atomic E-state index is 0.216. The monoisotopic (exact) mass is 374 g/mol. The molecule has 4 rings (SSSR count). The third-order valence-electron chi connectivity index (χ3n) is 4.19. The van der Waals surface area contributed by atoms with Crippen molar-refractivity contribution in [2.24, 2.45) is 0 Å². The predicted molar refractivity (Wildman–Crippen MR) is 91.2 cm³/mol. The van der Waals surface area contributed by atoms with Crippen LogP contribution in [0.4, 0.5) is 4.39 Å². The van der Waals surface area contributed by atoms with E-state index < -0.39 is 0 Å². The van der Waals surface area contributed by atoms with Gasteiger partial charge in [0.2, 0.25) is 0 Å². The lowest BCUT2D eigenvalue weighted by molar-refractivity contribution is 0.406. The van der Waals surface area contributed by atoms with E-state index in [-0.39, 0.29) is 11.9 Å². The normalized spacial score (nSPS) is 17.0. The molecule has 1 fully saturated rings. The summed E-state index contributed by atoms with van der Waals surface area (Å²) in [6.45, 7) is 4.71. The number of nitrogens with zero attached hydrogens (tertiary/aromatic N) is 2. The summed E-state index contributed by atoms with van der Waals surface area (Å²) < 4.78 is 22.8. The summed E-state index contributed by atoms with van der Waals surface area (Å²) in [6, 6.07) is 7.48. The van der Waals surface area contributed by atoms with Crippen molar-refractivity contribution in [3.63, 3.8) is 0 Å². The number of fused-ring (bicyclic) bond motifs is 1. The number of aromatic nitrogens is 2. The first kappa shape index (κ1) is 14.8. The Morgan fingerprint density at radius 3 is 2.83 bits per heavy atom. The van der Waals surface area contributed by atoms with Crippen molar-refractivity contribution < 1.29 is 9.13 Å². The maximum absolute atomic E-state index is 14.6. The number of rotatable bonds is 3. The number of halogens is 2. The minimum atomic E-state index is -0.255. The standard InChI is InChI=1S/C18H16BrFN2O/c1-10-3-4-22-15(8-13-9-23-13)18(21-16(22)5-10)17-11(2)6-12(19)7-14(17)20/h3-7,13H,8-9H2,1-2H3. The van der Waals surface area contributed by atoms with Crippen LogP contribution in [0.15, 0.2) is 34.9 Å². The molecule has 118 valence electrons. The molecule has 0 radical (unpaired) electrons. The number of hydrogen-bond donors (Lipinski definition) is 0. The molecular weight excluding hydrogens is 359 g/mol. The summed E-state index contributed by atoms with van der Waals surface area (Å²) in [5, 5.41) is 0. The Bertz CT molecular complexity index is 892. The van der Waals surface area contributed by atoms with Crippen molar-refractivity contribution in [2.75, 3.05) is 6.61 Å². The first-order valence-electron chi connectivity index (χ1n) is 7.58. The predicted octanol–water partition coefficient (Wildman–Crippen LogP) is 4.46. The molecule has 1 aliphatic heterocycles. The van der Waals surface area contributed by atoms with Gasteiger partial charge >= 0.3 is 0 Å². The van der Waals surface area contributed by atoms with Gasteiger partial charge in [-0.1, -0.05) is 15.9 Å². The van der Waals surface area contributed by atoms with Crippen molar-refractivity contribution >= 4 is 21.6 Å². The Balaban J connectivity index is 1.98. The van der Waals surface area contributed by atoms with Gasteiger partial charge in [0.15, 0.2) is 0 Å². The zero-order chi connectivity index (χ0) is 16.1. The van der Waals surface area contributed by atoms with E-state index in [9.17, 15) is 4.39 Å². The molecule has 1 aliphatic rings. The van der Waals surface area contributed by atoms with Gasteiger partial charge in [0.05, 0.1) is 24.1 Å². The topological polar surface area (TPSA) is 29.8 Å². The number of pyridine rings is 1. The van der Waals surface area contributed by atoms with Gasteiger partial charge < -0.3 is 9.14 Å². The second-order valence-corrected chi connectivity index (χ2v) is 6.99. The van der Waals surface area contributed by atoms with Crippen LogP contribution in [0.2, 0.25) is 0 Å². The third-order valence-corrected chi connectivity index (χ3v) is 4.65. The van der Waals surface area contributed by atoms with Crippen LogP contribution in [-0.4, -0.2) is 22.1 Å². The third kappa shape index (κ3) is 2.68. The average Bonchev–Trinajstić information content (AvgIpc) is 3.21. The molecule has 5 heteroatoms. The Hall–Kier alpha value is -1.72. The summed E-state index contributed by atoms with van der Waals surface area (Å²) in [5.41, 5.74) is 5.15. The Morgan fingerprint density at radius 2 is 2.13 bits per heavy atom. The molecule has 0 amide bonds. The molecule has 3 heterocycles. The van der Waals surface area contributed by atoms with Gasteiger partial charge in [-0.15, -0.1) is 0 Å². The van der Waals surface area contributed by atoms with E-state index in [1.54, 1.807) is 0 Å². The Labute approximate surface area is 142 Å². The van der Waals surface area contributed by atoms with Crippen LogP contribution in [-0.2, 0) is 11.2 Å². The van der Waals surface area contributed by atoms with Crippen molar-refractivity contribution in [2.45, 2.75) is 26.4 Å². The van der Waals surface area contributed by atoms with Gasteiger partial charge in [-0.2, -0.15) is 0 Å². The van der Waals surface area contributed by atoms with E-state index >= 15 is 0 Å². The maximum atomic E-state index is 14.6. The summed E-state index contributed by atoms with van der Waals surface area (Å²) >= 11 is 3.35. The van der Waals surface area contributed by atoms with Crippen LogP contribution in [0, 0.1) is 19.7 Å².